The molecule has 0 radical (unpaired) electrons. The second-order valence-corrected chi connectivity index (χ2v) is 7.80. The molecule has 30 heavy (non-hydrogen) atoms. The normalized spacial score (nSPS) is 18.9. The number of nitrogens with zero attached hydrogens (tertiary/aromatic N) is 2. The molecule has 1 unspecified atom stereocenters. The van der Waals surface area contributed by atoms with Gasteiger partial charge in [-0.1, -0.05) is 0 Å². The molecule has 0 amide bonds. The fraction of sp³-hybridized carbons (Fsp3) is 0.522. The fourth-order valence-corrected chi connectivity index (χ4v) is 4.03. The first-order chi connectivity index (χ1) is 14.8. The average Bonchev–Trinajstić information content (AvgIpc) is 3.49. The van der Waals surface area contributed by atoms with Crippen LogP contribution in [0.5, 0.6) is 11.5 Å². The van der Waals surface area contributed by atoms with Crippen LogP contribution in [0.3, 0.4) is 0 Å². The molecule has 2 aliphatic heterocycles. The largest absolute Gasteiger partial charge is 0.493 e. The molecule has 4 rings (SSSR count). The standard InChI is InChI=1S/C23H31N3O4/c1-27-21-12-18-6-9-26(15-19(18)13-22(21)28-2)23(25-14-17-7-11-29-16-17)24-8-5-20-4-3-10-30-20/h3-4,10,12-13,17H,5-9,11,14-16H2,1-2H3,(H,24,25). The van der Waals surface area contributed by atoms with Crippen LogP contribution in [-0.4, -0.2) is 57.9 Å². The molecule has 0 spiro atoms. The van der Waals surface area contributed by atoms with Gasteiger partial charge in [0.05, 0.1) is 27.1 Å². The second kappa shape index (κ2) is 9.89. The van der Waals surface area contributed by atoms with Crippen molar-refractivity contribution < 1.29 is 18.6 Å². The maximum atomic E-state index is 5.52. The van der Waals surface area contributed by atoms with Gasteiger partial charge in [-0.25, -0.2) is 0 Å². The first-order valence-corrected chi connectivity index (χ1v) is 10.6. The summed E-state index contributed by atoms with van der Waals surface area (Å²) in [5, 5.41) is 3.55. The number of rotatable bonds is 7. The van der Waals surface area contributed by atoms with Crippen LogP contribution < -0.4 is 14.8 Å². The van der Waals surface area contributed by atoms with Crippen molar-refractivity contribution in [3.8, 4) is 11.5 Å². The molecular weight excluding hydrogens is 382 g/mol. The smallest absolute Gasteiger partial charge is 0.194 e. The predicted octanol–water partition coefficient (Wildman–Crippen LogP) is 2.88. The van der Waals surface area contributed by atoms with Crippen molar-refractivity contribution in [3.63, 3.8) is 0 Å². The summed E-state index contributed by atoms with van der Waals surface area (Å²) >= 11 is 0. The van der Waals surface area contributed by atoms with Gasteiger partial charge in [0.15, 0.2) is 17.5 Å². The Morgan fingerprint density at radius 3 is 2.77 bits per heavy atom. The van der Waals surface area contributed by atoms with E-state index >= 15 is 0 Å². The van der Waals surface area contributed by atoms with Gasteiger partial charge in [0.1, 0.15) is 5.76 Å². The number of methoxy groups -OCH3 is 2. The minimum Gasteiger partial charge on any atom is -0.493 e. The highest BCUT2D eigenvalue weighted by Gasteiger charge is 2.23. The summed E-state index contributed by atoms with van der Waals surface area (Å²) in [4.78, 5) is 7.29. The second-order valence-electron chi connectivity index (χ2n) is 7.80. The summed E-state index contributed by atoms with van der Waals surface area (Å²) in [6.07, 6.45) is 4.58. The zero-order chi connectivity index (χ0) is 20.8. The molecule has 1 aromatic carbocycles. The lowest BCUT2D eigenvalue weighted by Gasteiger charge is -2.32. The van der Waals surface area contributed by atoms with Gasteiger partial charge < -0.3 is 28.8 Å². The average molecular weight is 414 g/mol. The third kappa shape index (κ3) is 4.90. The highest BCUT2D eigenvalue weighted by Crippen LogP contribution is 2.33. The van der Waals surface area contributed by atoms with Crippen LogP contribution in [0.4, 0.5) is 0 Å². The zero-order valence-corrected chi connectivity index (χ0v) is 17.9. The molecule has 1 atom stereocenters. The summed E-state index contributed by atoms with van der Waals surface area (Å²) in [6.45, 7) is 4.93. The van der Waals surface area contributed by atoms with Crippen molar-refractivity contribution in [1.82, 2.24) is 10.2 Å². The van der Waals surface area contributed by atoms with Crippen molar-refractivity contribution in [2.45, 2.75) is 25.8 Å². The van der Waals surface area contributed by atoms with Crippen molar-refractivity contribution in [2.75, 3.05) is 47.1 Å². The number of hydrogen-bond acceptors (Lipinski definition) is 5. The van der Waals surface area contributed by atoms with Crippen LogP contribution >= 0.6 is 0 Å². The molecule has 2 aromatic rings. The summed E-state index contributed by atoms with van der Waals surface area (Å²) in [6, 6.07) is 8.12. The first kappa shape index (κ1) is 20.6. The van der Waals surface area contributed by atoms with Crippen LogP contribution in [0, 0.1) is 5.92 Å². The molecule has 2 aliphatic rings. The van der Waals surface area contributed by atoms with E-state index in [2.05, 4.69) is 22.3 Å². The number of hydrogen-bond donors (Lipinski definition) is 1. The third-order valence-electron chi connectivity index (χ3n) is 5.78. The molecule has 7 nitrogen and oxygen atoms in total. The minimum absolute atomic E-state index is 0.508. The molecule has 1 saturated heterocycles. The van der Waals surface area contributed by atoms with Crippen molar-refractivity contribution >= 4 is 5.96 Å². The fourth-order valence-electron chi connectivity index (χ4n) is 4.03. The van der Waals surface area contributed by atoms with E-state index in [0.717, 1.165) is 81.9 Å². The number of guanidine groups is 1. The molecule has 0 saturated carbocycles. The van der Waals surface area contributed by atoms with Crippen LogP contribution in [0.25, 0.3) is 0 Å². The third-order valence-corrected chi connectivity index (χ3v) is 5.78. The van der Waals surface area contributed by atoms with Crippen molar-refractivity contribution in [2.24, 2.45) is 10.9 Å². The highest BCUT2D eigenvalue weighted by atomic mass is 16.5. The Labute approximate surface area is 178 Å². The van der Waals surface area contributed by atoms with E-state index < -0.39 is 0 Å². The Morgan fingerprint density at radius 1 is 1.23 bits per heavy atom. The Kier molecular flexibility index (Phi) is 6.79. The van der Waals surface area contributed by atoms with E-state index in [4.69, 9.17) is 23.6 Å². The lowest BCUT2D eigenvalue weighted by molar-refractivity contribution is 0.187. The van der Waals surface area contributed by atoms with Gasteiger partial charge in [-0.15, -0.1) is 0 Å². The molecule has 1 aromatic heterocycles. The van der Waals surface area contributed by atoms with Gasteiger partial charge in [-0.3, -0.25) is 4.99 Å². The first-order valence-electron chi connectivity index (χ1n) is 10.6. The van der Waals surface area contributed by atoms with Gasteiger partial charge >= 0.3 is 0 Å². The Bertz CT molecular complexity index is 844. The molecule has 1 fully saturated rings. The molecule has 162 valence electrons. The Morgan fingerprint density at radius 2 is 2.07 bits per heavy atom. The number of nitrogens with one attached hydrogen (secondary N) is 1. The number of fused-ring (bicyclic) bond motifs is 1. The zero-order valence-electron chi connectivity index (χ0n) is 17.9. The van der Waals surface area contributed by atoms with Crippen LogP contribution in [0.15, 0.2) is 39.9 Å². The molecular formula is C23H31N3O4. The number of ether oxygens (including phenoxy) is 3. The van der Waals surface area contributed by atoms with Crippen LogP contribution in [0.1, 0.15) is 23.3 Å². The van der Waals surface area contributed by atoms with Crippen molar-refractivity contribution in [3.05, 3.63) is 47.4 Å². The van der Waals surface area contributed by atoms with Crippen LogP contribution in [0.2, 0.25) is 0 Å². The van der Waals surface area contributed by atoms with Gasteiger partial charge in [-0.2, -0.15) is 0 Å². The monoisotopic (exact) mass is 413 g/mol. The lowest BCUT2D eigenvalue weighted by Crippen LogP contribution is -2.45. The number of furan rings is 1. The van der Waals surface area contributed by atoms with E-state index in [1.165, 1.54) is 11.1 Å². The SMILES string of the molecule is COc1cc2c(cc1OC)CN(C(=NCC1CCOC1)NCCc1ccco1)CC2. The molecule has 3 heterocycles. The summed E-state index contributed by atoms with van der Waals surface area (Å²) in [5.41, 5.74) is 2.56. The summed E-state index contributed by atoms with van der Waals surface area (Å²) in [5.74, 6) is 4.00. The van der Waals surface area contributed by atoms with E-state index in [-0.39, 0.29) is 0 Å². The molecule has 0 aliphatic carbocycles. The lowest BCUT2D eigenvalue weighted by atomic mass is 9.99. The summed E-state index contributed by atoms with van der Waals surface area (Å²) < 4.78 is 21.9. The maximum Gasteiger partial charge on any atom is 0.194 e. The number of benzene rings is 1. The Balaban J connectivity index is 1.47. The summed E-state index contributed by atoms with van der Waals surface area (Å²) in [7, 11) is 3.36. The quantitative estimate of drug-likeness (QED) is 0.556. The molecule has 1 N–H and O–H groups in total. The maximum absolute atomic E-state index is 5.52. The van der Waals surface area contributed by atoms with Gasteiger partial charge in [0.25, 0.3) is 0 Å². The van der Waals surface area contributed by atoms with Gasteiger partial charge in [0, 0.05) is 45.1 Å². The minimum atomic E-state index is 0.508. The Hall–Kier alpha value is -2.67. The topological polar surface area (TPSA) is 68.5 Å². The van der Waals surface area contributed by atoms with E-state index in [9.17, 15) is 0 Å². The van der Waals surface area contributed by atoms with Gasteiger partial charge in [-0.05, 0) is 48.2 Å². The van der Waals surface area contributed by atoms with E-state index in [0.29, 0.717) is 5.92 Å². The van der Waals surface area contributed by atoms with Gasteiger partial charge in [0.2, 0.25) is 0 Å². The molecule has 0 bridgehead atoms. The highest BCUT2D eigenvalue weighted by molar-refractivity contribution is 5.80. The van der Waals surface area contributed by atoms with E-state index in [1.54, 1.807) is 20.5 Å². The predicted molar refractivity (Wildman–Crippen MR) is 115 cm³/mol. The van der Waals surface area contributed by atoms with Crippen molar-refractivity contribution in [1.29, 1.82) is 0 Å². The number of aliphatic imine (C=N–C) groups is 1. The van der Waals surface area contributed by atoms with Crippen LogP contribution in [-0.2, 0) is 24.1 Å². The van der Waals surface area contributed by atoms with E-state index in [1.807, 2.05) is 12.1 Å². The molecule has 7 heteroatoms.